The summed E-state index contributed by atoms with van der Waals surface area (Å²) in [6.45, 7) is 13.1. The standard InChI is InChI=1S/C17H31N5OS.HI/c1-17(2,3)14-13-24-15(21-14)5-6-19-16(18-4)20-7-8-22-9-11-23-12-10-22;/h13H,5-12H2,1-4H3,(H2,18,19,20);1H. The third-order valence-electron chi connectivity index (χ3n) is 4.00. The molecule has 0 atom stereocenters. The molecule has 1 aliphatic rings. The van der Waals surface area contributed by atoms with Crippen molar-refractivity contribution < 1.29 is 4.74 Å². The van der Waals surface area contributed by atoms with Crippen molar-refractivity contribution >= 4 is 41.3 Å². The molecule has 2 rings (SSSR count). The Balaban J connectivity index is 0.00000312. The molecule has 1 saturated heterocycles. The fraction of sp³-hybridized carbons (Fsp3) is 0.765. The summed E-state index contributed by atoms with van der Waals surface area (Å²) >= 11 is 1.74. The van der Waals surface area contributed by atoms with Gasteiger partial charge in [0.15, 0.2) is 5.96 Å². The van der Waals surface area contributed by atoms with Crippen LogP contribution in [0.3, 0.4) is 0 Å². The predicted octanol–water partition coefficient (Wildman–Crippen LogP) is 2.10. The Morgan fingerprint density at radius 2 is 1.96 bits per heavy atom. The summed E-state index contributed by atoms with van der Waals surface area (Å²) in [5, 5.41) is 10.1. The highest BCUT2D eigenvalue weighted by Gasteiger charge is 2.17. The highest BCUT2D eigenvalue weighted by Crippen LogP contribution is 2.23. The Morgan fingerprint density at radius 3 is 2.56 bits per heavy atom. The molecule has 0 saturated carbocycles. The maximum atomic E-state index is 5.36. The van der Waals surface area contributed by atoms with Gasteiger partial charge in [-0.25, -0.2) is 4.98 Å². The summed E-state index contributed by atoms with van der Waals surface area (Å²) in [5.41, 5.74) is 1.30. The maximum absolute atomic E-state index is 5.36. The molecule has 0 spiro atoms. The third-order valence-corrected chi connectivity index (χ3v) is 4.91. The second-order valence-corrected chi connectivity index (χ2v) is 7.95. The molecule has 8 heteroatoms. The first-order valence-corrected chi connectivity index (χ1v) is 9.56. The number of thiazole rings is 1. The van der Waals surface area contributed by atoms with Crippen LogP contribution in [0.5, 0.6) is 0 Å². The molecular weight excluding hydrogens is 449 g/mol. The van der Waals surface area contributed by atoms with E-state index < -0.39 is 0 Å². The minimum Gasteiger partial charge on any atom is -0.379 e. The average molecular weight is 481 g/mol. The normalized spacial score (nSPS) is 16.4. The lowest BCUT2D eigenvalue weighted by Crippen LogP contribution is -2.44. The molecule has 0 bridgehead atoms. The van der Waals surface area contributed by atoms with Crippen molar-refractivity contribution in [1.82, 2.24) is 20.5 Å². The molecule has 0 amide bonds. The topological polar surface area (TPSA) is 61.8 Å². The van der Waals surface area contributed by atoms with Gasteiger partial charge in [0.2, 0.25) is 0 Å². The Kier molecular flexibility index (Phi) is 10.2. The van der Waals surface area contributed by atoms with E-state index in [0.717, 1.165) is 58.3 Å². The lowest BCUT2D eigenvalue weighted by molar-refractivity contribution is 0.0389. The number of aliphatic imine (C=N–C) groups is 1. The summed E-state index contributed by atoms with van der Waals surface area (Å²) in [6, 6.07) is 0. The minimum atomic E-state index is 0. The van der Waals surface area contributed by atoms with E-state index in [1.807, 2.05) is 7.05 Å². The molecule has 1 aromatic heterocycles. The number of nitrogens with zero attached hydrogens (tertiary/aromatic N) is 3. The smallest absolute Gasteiger partial charge is 0.191 e. The number of hydrogen-bond donors (Lipinski definition) is 2. The number of morpholine rings is 1. The van der Waals surface area contributed by atoms with Crippen LogP contribution in [0.25, 0.3) is 0 Å². The maximum Gasteiger partial charge on any atom is 0.191 e. The Morgan fingerprint density at radius 1 is 1.28 bits per heavy atom. The van der Waals surface area contributed by atoms with E-state index in [-0.39, 0.29) is 29.4 Å². The van der Waals surface area contributed by atoms with Crippen LogP contribution in [0.1, 0.15) is 31.5 Å². The van der Waals surface area contributed by atoms with Crippen molar-refractivity contribution in [2.24, 2.45) is 4.99 Å². The van der Waals surface area contributed by atoms with Crippen molar-refractivity contribution in [2.45, 2.75) is 32.6 Å². The van der Waals surface area contributed by atoms with Gasteiger partial charge in [0, 0.05) is 57.0 Å². The molecule has 0 radical (unpaired) electrons. The van der Waals surface area contributed by atoms with E-state index in [4.69, 9.17) is 9.72 Å². The summed E-state index contributed by atoms with van der Waals surface area (Å²) in [6.07, 6.45) is 0.922. The van der Waals surface area contributed by atoms with Crippen LogP contribution >= 0.6 is 35.3 Å². The molecule has 1 aliphatic heterocycles. The number of hydrogen-bond acceptors (Lipinski definition) is 5. The van der Waals surface area contributed by atoms with E-state index in [1.165, 1.54) is 10.7 Å². The van der Waals surface area contributed by atoms with Gasteiger partial charge in [-0.2, -0.15) is 0 Å². The van der Waals surface area contributed by atoms with E-state index in [0.29, 0.717) is 0 Å². The number of nitrogens with one attached hydrogen (secondary N) is 2. The molecule has 1 fully saturated rings. The monoisotopic (exact) mass is 481 g/mol. The zero-order valence-electron chi connectivity index (χ0n) is 15.8. The first-order valence-electron chi connectivity index (χ1n) is 8.68. The van der Waals surface area contributed by atoms with Gasteiger partial charge in [-0.3, -0.25) is 9.89 Å². The van der Waals surface area contributed by atoms with Crippen LogP contribution in [0.15, 0.2) is 10.4 Å². The fourth-order valence-electron chi connectivity index (χ4n) is 2.44. The van der Waals surface area contributed by atoms with Gasteiger partial charge in [0.25, 0.3) is 0 Å². The molecule has 1 aromatic rings. The van der Waals surface area contributed by atoms with Gasteiger partial charge in [-0.1, -0.05) is 20.8 Å². The van der Waals surface area contributed by atoms with Gasteiger partial charge in [0.05, 0.1) is 23.9 Å². The van der Waals surface area contributed by atoms with Gasteiger partial charge in [-0.05, 0) is 0 Å². The van der Waals surface area contributed by atoms with Crippen LogP contribution in [0.4, 0.5) is 0 Å². The molecule has 2 N–H and O–H groups in total. The van der Waals surface area contributed by atoms with Crippen molar-refractivity contribution in [3.63, 3.8) is 0 Å². The third kappa shape index (κ3) is 8.19. The fourth-order valence-corrected chi connectivity index (χ4v) is 3.46. The Bertz CT molecular complexity index is 523. The molecule has 0 aromatic carbocycles. The van der Waals surface area contributed by atoms with E-state index in [9.17, 15) is 0 Å². The van der Waals surface area contributed by atoms with Crippen LogP contribution < -0.4 is 10.6 Å². The molecule has 2 heterocycles. The summed E-state index contributed by atoms with van der Waals surface area (Å²) in [4.78, 5) is 11.4. The summed E-state index contributed by atoms with van der Waals surface area (Å²) in [5.74, 6) is 0.857. The first-order chi connectivity index (χ1) is 11.5. The zero-order chi connectivity index (χ0) is 17.4. The van der Waals surface area contributed by atoms with Gasteiger partial charge in [-0.15, -0.1) is 35.3 Å². The van der Waals surface area contributed by atoms with Crippen molar-refractivity contribution in [3.8, 4) is 0 Å². The number of halogens is 1. The lowest BCUT2D eigenvalue weighted by Gasteiger charge is -2.26. The van der Waals surface area contributed by atoms with Crippen LogP contribution in [-0.4, -0.2) is 68.8 Å². The average Bonchev–Trinajstić information content (AvgIpc) is 3.03. The second kappa shape index (κ2) is 11.3. The summed E-state index contributed by atoms with van der Waals surface area (Å²) in [7, 11) is 1.81. The SMILES string of the molecule is CN=C(NCCc1nc(C(C)(C)C)cs1)NCCN1CCOCC1.I. The highest BCUT2D eigenvalue weighted by molar-refractivity contribution is 14.0. The highest BCUT2D eigenvalue weighted by atomic mass is 127. The van der Waals surface area contributed by atoms with Crippen molar-refractivity contribution in [2.75, 3.05) is 53.0 Å². The second-order valence-electron chi connectivity index (χ2n) is 7.01. The van der Waals surface area contributed by atoms with Gasteiger partial charge < -0.3 is 15.4 Å². The number of ether oxygens (including phenoxy) is 1. The van der Waals surface area contributed by atoms with E-state index >= 15 is 0 Å². The van der Waals surface area contributed by atoms with Crippen molar-refractivity contribution in [3.05, 3.63) is 16.1 Å². The molecule has 0 unspecified atom stereocenters. The molecular formula is C17H32IN5OS. The van der Waals surface area contributed by atoms with Crippen LogP contribution in [-0.2, 0) is 16.6 Å². The predicted molar refractivity (Wildman–Crippen MR) is 117 cm³/mol. The number of guanidine groups is 1. The van der Waals surface area contributed by atoms with Crippen LogP contribution in [0.2, 0.25) is 0 Å². The number of rotatable bonds is 6. The quantitative estimate of drug-likeness (QED) is 0.370. The molecule has 6 nitrogen and oxygen atoms in total. The molecule has 25 heavy (non-hydrogen) atoms. The molecule has 0 aliphatic carbocycles. The zero-order valence-corrected chi connectivity index (χ0v) is 18.9. The van der Waals surface area contributed by atoms with Crippen LogP contribution in [0, 0.1) is 0 Å². The first kappa shape index (κ1) is 22.6. The largest absolute Gasteiger partial charge is 0.379 e. The van der Waals surface area contributed by atoms with Gasteiger partial charge in [0.1, 0.15) is 0 Å². The lowest BCUT2D eigenvalue weighted by atomic mass is 9.93. The number of aromatic nitrogens is 1. The minimum absolute atomic E-state index is 0. The summed E-state index contributed by atoms with van der Waals surface area (Å²) < 4.78 is 5.36. The molecule has 144 valence electrons. The van der Waals surface area contributed by atoms with Gasteiger partial charge >= 0.3 is 0 Å². The Labute approximate surface area is 172 Å². The van der Waals surface area contributed by atoms with E-state index in [2.05, 4.69) is 46.7 Å². The Hall–Kier alpha value is -0.450. The van der Waals surface area contributed by atoms with E-state index in [1.54, 1.807) is 11.3 Å². The van der Waals surface area contributed by atoms with Crippen molar-refractivity contribution in [1.29, 1.82) is 0 Å².